The smallest absolute Gasteiger partial charge is 0.416 e. The molecule has 0 amide bonds. The largest absolute Gasteiger partial charge is 0.664 e. The lowest BCUT2D eigenvalue weighted by Crippen LogP contribution is -2.71. The number of hydrogen-bond donors (Lipinski definition) is 6. The van der Waals surface area contributed by atoms with Gasteiger partial charge in [0.1, 0.15) is 0 Å². The minimum absolute atomic E-state index is 1.01. The molecule has 1 aliphatic heterocycles. The van der Waals surface area contributed by atoms with Gasteiger partial charge >= 0.3 is 70.2 Å². The van der Waals surface area contributed by atoms with E-state index in [0.29, 0.717) is 0 Å². The maximum atomic E-state index is 11.1. The summed E-state index contributed by atoms with van der Waals surface area (Å²) >= 11 is 0. The van der Waals surface area contributed by atoms with Crippen LogP contribution in [-0.4, -0.2) is 106 Å². The van der Waals surface area contributed by atoms with E-state index in [4.69, 9.17) is 32.9 Å². The first-order valence-electron chi connectivity index (χ1n) is 9.72. The van der Waals surface area contributed by atoms with Crippen LogP contribution >= 0.6 is 0 Å². The molecule has 0 radical (unpaired) electrons. The Morgan fingerprint density at radius 1 is 0.606 bits per heavy atom. The van der Waals surface area contributed by atoms with Crippen molar-refractivity contribution in [3.05, 3.63) is 0 Å². The molecule has 33 heavy (non-hydrogen) atoms. The molecule has 0 aromatic heterocycles. The first-order chi connectivity index (χ1) is 14.2. The second kappa shape index (κ2) is 10.1. The van der Waals surface area contributed by atoms with Crippen molar-refractivity contribution in [3.63, 3.8) is 0 Å². The van der Waals surface area contributed by atoms with Crippen LogP contribution in [-0.2, 0) is 37.3 Å². The second-order valence-corrected chi connectivity index (χ2v) is 32.3. The van der Waals surface area contributed by atoms with Gasteiger partial charge in [0.2, 0.25) is 0 Å². The van der Waals surface area contributed by atoms with Crippen LogP contribution in [0.1, 0.15) is 0 Å². The fraction of sp³-hybridized carbons (Fsp3) is 1.00. The van der Waals surface area contributed by atoms with E-state index in [1.54, 1.807) is 26.2 Å². The maximum Gasteiger partial charge on any atom is 0.664 e. The molecule has 0 bridgehead atoms. The molecule has 2 atom stereocenters. The zero-order valence-electron chi connectivity index (χ0n) is 20.4. The molecule has 0 saturated carbocycles. The van der Waals surface area contributed by atoms with Gasteiger partial charge in [-0.15, -0.1) is 0 Å². The zero-order valence-corrected chi connectivity index (χ0v) is 28.4. The van der Waals surface area contributed by atoms with Gasteiger partial charge in [-0.1, -0.05) is 0 Å². The molecule has 2 unspecified atom stereocenters. The summed E-state index contributed by atoms with van der Waals surface area (Å²) in [5.41, 5.74) is 0. The third-order valence-corrected chi connectivity index (χ3v) is 29.0. The lowest BCUT2D eigenvalue weighted by atomic mass is 11.8. The van der Waals surface area contributed by atoms with Gasteiger partial charge in [-0.2, -0.15) is 0 Å². The Morgan fingerprint density at radius 3 is 1.52 bits per heavy atom. The lowest BCUT2D eigenvalue weighted by molar-refractivity contribution is 0.0529. The molecular formula is C10H36O15Si8. The van der Waals surface area contributed by atoms with Gasteiger partial charge < -0.3 is 66.1 Å². The summed E-state index contributed by atoms with van der Waals surface area (Å²) in [4.78, 5) is 61.7. The first kappa shape index (κ1) is 32.2. The van der Waals surface area contributed by atoms with Crippen molar-refractivity contribution in [3.8, 4) is 0 Å². The van der Waals surface area contributed by atoms with Gasteiger partial charge in [0.15, 0.2) is 0 Å². The van der Waals surface area contributed by atoms with Gasteiger partial charge in [-0.25, -0.2) is 0 Å². The molecule has 0 aromatic rings. The quantitative estimate of drug-likeness (QED) is 0.161. The molecule has 0 spiro atoms. The molecule has 1 heterocycles. The van der Waals surface area contributed by atoms with E-state index in [1.807, 2.05) is 0 Å². The van der Waals surface area contributed by atoms with Crippen molar-refractivity contribution >= 4 is 70.2 Å². The van der Waals surface area contributed by atoms with Crippen molar-refractivity contribution in [1.82, 2.24) is 0 Å². The molecular weight excluding hydrogens is 585 g/mol. The molecule has 0 aliphatic carbocycles. The molecule has 1 aliphatic rings. The van der Waals surface area contributed by atoms with Crippen molar-refractivity contribution < 1.29 is 66.1 Å². The predicted octanol–water partition coefficient (Wildman–Crippen LogP) is -1.58. The van der Waals surface area contributed by atoms with Crippen LogP contribution in [0.25, 0.3) is 0 Å². The summed E-state index contributed by atoms with van der Waals surface area (Å²) in [5.74, 6) is 0. The van der Waals surface area contributed by atoms with Crippen molar-refractivity contribution in [2.45, 2.75) is 58.9 Å². The first-order valence-corrected chi connectivity index (χ1v) is 28.3. The third kappa shape index (κ3) is 11.8. The highest BCUT2D eigenvalue weighted by Crippen LogP contribution is 2.31. The van der Waals surface area contributed by atoms with Crippen LogP contribution in [0.5, 0.6) is 0 Å². The average Bonchev–Trinajstić information content (AvgIpc) is 2.35. The van der Waals surface area contributed by atoms with Crippen LogP contribution in [0.4, 0.5) is 0 Å². The molecule has 1 fully saturated rings. The Balaban J connectivity index is 3.05. The molecule has 1 saturated heterocycles. The fourth-order valence-corrected chi connectivity index (χ4v) is 31.3. The van der Waals surface area contributed by atoms with Gasteiger partial charge in [0.25, 0.3) is 0 Å². The highest BCUT2D eigenvalue weighted by Gasteiger charge is 2.63. The fourth-order valence-electron chi connectivity index (χ4n) is 3.10. The topological polar surface area (TPSA) is 204 Å². The average molecular weight is 621 g/mol. The van der Waals surface area contributed by atoms with Gasteiger partial charge in [-0.05, 0) is 52.4 Å². The van der Waals surface area contributed by atoms with Crippen LogP contribution in [0, 0.1) is 0 Å². The van der Waals surface area contributed by atoms with E-state index in [2.05, 4.69) is 4.43 Å². The predicted molar refractivity (Wildman–Crippen MR) is 128 cm³/mol. The van der Waals surface area contributed by atoms with Crippen LogP contribution in [0.3, 0.4) is 0 Å². The lowest BCUT2D eigenvalue weighted by Gasteiger charge is -2.45. The maximum absolute atomic E-state index is 11.1. The van der Waals surface area contributed by atoms with E-state index in [-0.39, 0.29) is 0 Å². The Bertz CT molecular complexity index is 664. The normalized spacial score (nSPS) is 29.5. The van der Waals surface area contributed by atoms with Gasteiger partial charge in [0.05, 0.1) is 0 Å². The van der Waals surface area contributed by atoms with Crippen LogP contribution < -0.4 is 0 Å². The summed E-state index contributed by atoms with van der Waals surface area (Å²) in [6, 6.07) is 0. The van der Waals surface area contributed by atoms with Gasteiger partial charge in [-0.3, -0.25) is 0 Å². The summed E-state index contributed by atoms with van der Waals surface area (Å²) in [5, 5.41) is 0. The summed E-state index contributed by atoms with van der Waals surface area (Å²) in [7, 11) is -30.4. The van der Waals surface area contributed by atoms with E-state index in [9.17, 15) is 28.8 Å². The van der Waals surface area contributed by atoms with E-state index < -0.39 is 70.2 Å². The Labute approximate surface area is 202 Å². The van der Waals surface area contributed by atoms with Gasteiger partial charge in [0, 0.05) is 13.7 Å². The van der Waals surface area contributed by atoms with Crippen LogP contribution in [0.15, 0.2) is 0 Å². The molecule has 15 nitrogen and oxygen atoms in total. The van der Waals surface area contributed by atoms with E-state index in [1.165, 1.54) is 32.7 Å². The SMILES string of the molecule is CO[Si](O)(O)O[Si](C)(C)O[Si](O)(O)O[Si](C)(C)O[Si]1(O)O[Si](C)(C)O[Si](C)(C)O[Si](C)(O)O1. The van der Waals surface area contributed by atoms with Crippen molar-refractivity contribution in [2.75, 3.05) is 7.11 Å². The highest BCUT2D eigenvalue weighted by molar-refractivity contribution is 6.91. The second-order valence-electron chi connectivity index (χ2n) is 9.14. The molecule has 6 N–H and O–H groups in total. The summed E-state index contributed by atoms with van der Waals surface area (Å²) < 4.78 is 48.4. The summed E-state index contributed by atoms with van der Waals surface area (Å²) in [6.07, 6.45) is 0. The molecule has 198 valence electrons. The van der Waals surface area contributed by atoms with Crippen molar-refractivity contribution in [2.24, 2.45) is 0 Å². The van der Waals surface area contributed by atoms with E-state index in [0.717, 1.165) is 7.11 Å². The Hall–Kier alpha value is 1.14. The molecule has 23 heteroatoms. The van der Waals surface area contributed by atoms with E-state index >= 15 is 0 Å². The zero-order chi connectivity index (χ0) is 26.4. The minimum Gasteiger partial charge on any atom is -0.416 e. The van der Waals surface area contributed by atoms with Crippen molar-refractivity contribution in [1.29, 1.82) is 0 Å². The number of hydrogen-bond acceptors (Lipinski definition) is 15. The number of rotatable bonds is 9. The van der Waals surface area contributed by atoms with Crippen LogP contribution in [0.2, 0.25) is 58.9 Å². The standard InChI is InChI=1S/C10H36O15Si8/c1-17-31(12,13)20-28(6,7)21-32(14,15)22-29(8,9)24-33(16)23-27(4,5)18-26(2,3)19-30(10,11)25-33/h11-16H,1-10H3. The Morgan fingerprint density at radius 2 is 1.03 bits per heavy atom. The highest BCUT2D eigenvalue weighted by atomic mass is 28.6. The minimum atomic E-state index is -5.00. The monoisotopic (exact) mass is 620 g/mol. The molecule has 0 aromatic carbocycles. The molecule has 1 rings (SSSR count). The third-order valence-electron chi connectivity index (χ3n) is 3.40. The summed E-state index contributed by atoms with van der Waals surface area (Å²) in [6.45, 7) is 13.3. The Kier molecular flexibility index (Phi) is 9.87.